The fourth-order valence-corrected chi connectivity index (χ4v) is 3.90. The van der Waals surface area contributed by atoms with Crippen molar-refractivity contribution in [2.75, 3.05) is 5.32 Å². The van der Waals surface area contributed by atoms with E-state index in [0.29, 0.717) is 0 Å². The third kappa shape index (κ3) is 3.45. The summed E-state index contributed by atoms with van der Waals surface area (Å²) in [5.41, 5.74) is 9.38. The van der Waals surface area contributed by atoms with Gasteiger partial charge in [-0.15, -0.1) is 0 Å². The van der Waals surface area contributed by atoms with Crippen LogP contribution in [-0.4, -0.2) is 11.9 Å². The zero-order chi connectivity index (χ0) is 19.6. The Morgan fingerprint density at radius 1 is 0.586 bits per heavy atom. The van der Waals surface area contributed by atoms with Gasteiger partial charge in [0.2, 0.25) is 0 Å². The van der Waals surface area contributed by atoms with E-state index < -0.39 is 0 Å². The number of benzene rings is 4. The molecule has 0 saturated carbocycles. The maximum Gasteiger partial charge on any atom is 0.116 e. The predicted molar refractivity (Wildman–Crippen MR) is 122 cm³/mol. The van der Waals surface area contributed by atoms with Crippen LogP contribution >= 0.6 is 0 Å². The zero-order valence-electron chi connectivity index (χ0n) is 16.3. The van der Waals surface area contributed by atoms with E-state index in [9.17, 15) is 0 Å². The lowest BCUT2D eigenvalue weighted by Crippen LogP contribution is -2.23. The van der Waals surface area contributed by atoms with E-state index in [1.54, 1.807) is 0 Å². The zero-order valence-corrected chi connectivity index (χ0v) is 16.3. The second kappa shape index (κ2) is 7.40. The van der Waals surface area contributed by atoms with Crippen molar-refractivity contribution >= 4 is 11.4 Å². The van der Waals surface area contributed by atoms with E-state index in [1.807, 2.05) is 6.07 Å². The summed E-state index contributed by atoms with van der Waals surface area (Å²) in [6.07, 6.45) is 0.0636. The molecule has 2 heteroatoms. The SMILES string of the molecule is CC1N=C(c2cccc(-c3ccc(-c4ccccc4)cc3)c2)c2ccccc2N1. The molecule has 1 heterocycles. The Balaban J connectivity index is 1.51. The summed E-state index contributed by atoms with van der Waals surface area (Å²) in [4.78, 5) is 4.89. The van der Waals surface area contributed by atoms with Gasteiger partial charge >= 0.3 is 0 Å². The monoisotopic (exact) mass is 374 g/mol. The van der Waals surface area contributed by atoms with Crippen LogP contribution < -0.4 is 5.32 Å². The van der Waals surface area contributed by atoms with Crippen LogP contribution in [0, 0.1) is 0 Å². The van der Waals surface area contributed by atoms with Gasteiger partial charge in [0.25, 0.3) is 0 Å². The van der Waals surface area contributed by atoms with Gasteiger partial charge in [-0.3, -0.25) is 4.99 Å². The summed E-state index contributed by atoms with van der Waals surface area (Å²) in [5, 5.41) is 3.44. The number of nitrogens with zero attached hydrogens (tertiary/aromatic N) is 1. The van der Waals surface area contributed by atoms with Crippen LogP contribution in [0.3, 0.4) is 0 Å². The van der Waals surface area contributed by atoms with Crippen LogP contribution in [0.5, 0.6) is 0 Å². The molecule has 140 valence electrons. The molecule has 2 nitrogen and oxygen atoms in total. The number of nitrogens with one attached hydrogen (secondary N) is 1. The van der Waals surface area contributed by atoms with E-state index in [0.717, 1.165) is 22.5 Å². The minimum atomic E-state index is 0.0636. The molecule has 0 aromatic heterocycles. The summed E-state index contributed by atoms with van der Waals surface area (Å²) in [5.74, 6) is 0. The Hall–Kier alpha value is -3.65. The van der Waals surface area contributed by atoms with E-state index in [2.05, 4.69) is 109 Å². The molecule has 1 N–H and O–H groups in total. The lowest BCUT2D eigenvalue weighted by molar-refractivity contribution is 0.843. The maximum absolute atomic E-state index is 4.89. The molecule has 0 saturated heterocycles. The number of anilines is 1. The highest BCUT2D eigenvalue weighted by Gasteiger charge is 2.18. The van der Waals surface area contributed by atoms with Crippen molar-refractivity contribution in [1.82, 2.24) is 0 Å². The van der Waals surface area contributed by atoms with Crippen LogP contribution in [0.4, 0.5) is 5.69 Å². The van der Waals surface area contributed by atoms with Crippen molar-refractivity contribution in [1.29, 1.82) is 0 Å². The fraction of sp³-hybridized carbons (Fsp3) is 0.0741. The molecular weight excluding hydrogens is 352 g/mol. The van der Waals surface area contributed by atoms with Gasteiger partial charge in [0.15, 0.2) is 0 Å². The number of hydrogen-bond acceptors (Lipinski definition) is 2. The van der Waals surface area contributed by atoms with Gasteiger partial charge in [0, 0.05) is 16.8 Å². The van der Waals surface area contributed by atoms with E-state index in [1.165, 1.54) is 22.3 Å². The Bertz CT molecular complexity index is 1170. The van der Waals surface area contributed by atoms with Gasteiger partial charge in [0.05, 0.1) is 5.71 Å². The molecule has 0 aliphatic carbocycles. The molecule has 4 aromatic carbocycles. The predicted octanol–water partition coefficient (Wildman–Crippen LogP) is 6.63. The van der Waals surface area contributed by atoms with Crippen molar-refractivity contribution < 1.29 is 0 Å². The normalized spacial score (nSPS) is 15.2. The largest absolute Gasteiger partial charge is 0.363 e. The van der Waals surface area contributed by atoms with E-state index in [-0.39, 0.29) is 6.17 Å². The quantitative estimate of drug-likeness (QED) is 0.428. The average Bonchev–Trinajstić information content (AvgIpc) is 2.79. The van der Waals surface area contributed by atoms with Crippen molar-refractivity contribution in [3.05, 3.63) is 114 Å². The Morgan fingerprint density at radius 2 is 1.17 bits per heavy atom. The summed E-state index contributed by atoms with van der Waals surface area (Å²) >= 11 is 0. The standard InChI is InChI=1S/C27H22N2/c1-19-28-26-13-6-5-12-25(26)27(29-19)24-11-7-10-23(18-24)22-16-14-21(15-17-22)20-8-3-2-4-9-20/h2-19,28H,1H3. The van der Waals surface area contributed by atoms with Gasteiger partial charge < -0.3 is 5.32 Å². The molecule has 4 aromatic rings. The van der Waals surface area contributed by atoms with Crippen molar-refractivity contribution in [2.24, 2.45) is 4.99 Å². The third-order valence-corrected chi connectivity index (χ3v) is 5.33. The minimum absolute atomic E-state index is 0.0636. The highest BCUT2D eigenvalue weighted by atomic mass is 15.1. The Labute approximate surface area is 171 Å². The number of rotatable bonds is 3. The van der Waals surface area contributed by atoms with Gasteiger partial charge in [0.1, 0.15) is 6.17 Å². The average molecular weight is 374 g/mol. The van der Waals surface area contributed by atoms with Gasteiger partial charge in [-0.1, -0.05) is 91.0 Å². The molecule has 1 aliphatic heterocycles. The van der Waals surface area contributed by atoms with Crippen molar-refractivity contribution in [3.8, 4) is 22.3 Å². The molecule has 0 fully saturated rings. The minimum Gasteiger partial charge on any atom is -0.363 e. The molecule has 1 atom stereocenters. The summed E-state index contributed by atoms with van der Waals surface area (Å²) in [7, 11) is 0. The first kappa shape index (κ1) is 17.4. The fourth-order valence-electron chi connectivity index (χ4n) is 3.90. The molecule has 0 radical (unpaired) electrons. The van der Waals surface area contributed by atoms with Gasteiger partial charge in [-0.25, -0.2) is 0 Å². The molecule has 5 rings (SSSR count). The number of fused-ring (bicyclic) bond motifs is 1. The summed E-state index contributed by atoms with van der Waals surface area (Å²) in [6, 6.07) is 36.3. The molecule has 1 unspecified atom stereocenters. The van der Waals surface area contributed by atoms with Crippen LogP contribution in [0.15, 0.2) is 108 Å². The number of hydrogen-bond donors (Lipinski definition) is 1. The van der Waals surface area contributed by atoms with Crippen LogP contribution in [0.2, 0.25) is 0 Å². The van der Waals surface area contributed by atoms with Crippen LogP contribution in [-0.2, 0) is 0 Å². The highest BCUT2D eigenvalue weighted by molar-refractivity contribution is 6.17. The van der Waals surface area contributed by atoms with Crippen molar-refractivity contribution in [3.63, 3.8) is 0 Å². The summed E-state index contributed by atoms with van der Waals surface area (Å²) in [6.45, 7) is 2.09. The Kier molecular flexibility index (Phi) is 4.45. The molecule has 1 aliphatic rings. The van der Waals surface area contributed by atoms with E-state index >= 15 is 0 Å². The first-order valence-corrected chi connectivity index (χ1v) is 9.98. The molecule has 0 amide bonds. The first-order valence-electron chi connectivity index (χ1n) is 9.98. The molecule has 0 spiro atoms. The van der Waals surface area contributed by atoms with Crippen LogP contribution in [0.1, 0.15) is 18.1 Å². The van der Waals surface area contributed by atoms with Crippen LogP contribution in [0.25, 0.3) is 22.3 Å². The lowest BCUT2D eigenvalue weighted by atomic mass is 9.94. The molecule has 0 bridgehead atoms. The number of aliphatic imine (C=N–C) groups is 1. The highest BCUT2D eigenvalue weighted by Crippen LogP contribution is 2.29. The van der Waals surface area contributed by atoms with Gasteiger partial charge in [-0.05, 0) is 41.3 Å². The van der Waals surface area contributed by atoms with Crippen molar-refractivity contribution in [2.45, 2.75) is 13.1 Å². The smallest absolute Gasteiger partial charge is 0.116 e. The topological polar surface area (TPSA) is 24.4 Å². The second-order valence-corrected chi connectivity index (χ2v) is 7.37. The molecular formula is C27H22N2. The Morgan fingerprint density at radius 3 is 1.97 bits per heavy atom. The molecule has 29 heavy (non-hydrogen) atoms. The van der Waals surface area contributed by atoms with E-state index in [4.69, 9.17) is 4.99 Å². The first-order chi connectivity index (χ1) is 14.3. The third-order valence-electron chi connectivity index (χ3n) is 5.33. The second-order valence-electron chi connectivity index (χ2n) is 7.37. The lowest BCUT2D eigenvalue weighted by Gasteiger charge is -2.23. The maximum atomic E-state index is 4.89. The number of para-hydroxylation sites is 1. The summed E-state index contributed by atoms with van der Waals surface area (Å²) < 4.78 is 0. The van der Waals surface area contributed by atoms with Gasteiger partial charge in [-0.2, -0.15) is 0 Å².